The molecule has 0 spiro atoms. The van der Waals surface area contributed by atoms with E-state index in [4.69, 9.17) is 0 Å². The van der Waals surface area contributed by atoms with Gasteiger partial charge in [-0.05, 0) is 45.6 Å². The van der Waals surface area contributed by atoms with Crippen molar-refractivity contribution < 1.29 is 4.39 Å². The lowest BCUT2D eigenvalue weighted by Gasteiger charge is -2.20. The fraction of sp³-hybridized carbons (Fsp3) is 0.450. The van der Waals surface area contributed by atoms with Gasteiger partial charge in [-0.2, -0.15) is 4.39 Å². The van der Waals surface area contributed by atoms with Crippen molar-refractivity contribution in [1.82, 2.24) is 19.8 Å². The molecule has 0 aliphatic heterocycles. The number of likely N-dealkylation sites (N-methyl/N-ethyl adjacent to an activating group) is 2. The number of benzene rings is 1. The molecule has 1 aromatic carbocycles. The van der Waals surface area contributed by atoms with E-state index in [1.807, 2.05) is 14.0 Å². The van der Waals surface area contributed by atoms with Crippen LogP contribution in [0.3, 0.4) is 0 Å². The van der Waals surface area contributed by atoms with E-state index in [-0.39, 0.29) is 11.4 Å². The summed E-state index contributed by atoms with van der Waals surface area (Å²) in [6, 6.07) is 6.54. The van der Waals surface area contributed by atoms with Crippen LogP contribution in [0.15, 0.2) is 29.1 Å². The Labute approximate surface area is 152 Å². The second kappa shape index (κ2) is 8.01. The Morgan fingerprint density at radius 3 is 2.77 bits per heavy atom. The first kappa shape index (κ1) is 18.6. The zero-order valence-electron chi connectivity index (χ0n) is 15.7. The lowest BCUT2D eigenvalue weighted by molar-refractivity contribution is 0.281. The Morgan fingerprint density at radius 1 is 1.23 bits per heavy atom. The van der Waals surface area contributed by atoms with Crippen molar-refractivity contribution in [2.45, 2.75) is 26.8 Å². The van der Waals surface area contributed by atoms with Crippen LogP contribution in [0.2, 0.25) is 0 Å². The van der Waals surface area contributed by atoms with E-state index in [0.717, 1.165) is 66.6 Å². The number of aryl methyl sites for hydroxylation is 2. The number of hydrogen-bond acceptors (Lipinski definition) is 3. The first-order chi connectivity index (χ1) is 12.5. The van der Waals surface area contributed by atoms with Gasteiger partial charge in [0, 0.05) is 48.2 Å². The van der Waals surface area contributed by atoms with Crippen LogP contribution in [0.4, 0.5) is 4.39 Å². The van der Waals surface area contributed by atoms with Crippen molar-refractivity contribution in [3.05, 3.63) is 46.1 Å². The molecule has 3 aromatic rings. The smallest absolute Gasteiger partial charge is 0.191 e. The van der Waals surface area contributed by atoms with E-state index < -0.39 is 0 Å². The number of rotatable bonds is 8. The number of H-pyrrole nitrogens is 1. The Hall–Kier alpha value is -2.18. The third kappa shape index (κ3) is 3.66. The molecule has 2 N–H and O–H groups in total. The summed E-state index contributed by atoms with van der Waals surface area (Å²) in [4.78, 5) is 17.1. The highest BCUT2D eigenvalue weighted by Gasteiger charge is 2.14. The molecular weight excluding hydrogens is 331 g/mol. The summed E-state index contributed by atoms with van der Waals surface area (Å²) in [6.07, 6.45) is 0.969. The SMILES string of the molecule is CCN(CCCn1c2cc(=O)ccc2c2cc(F)[nH]c(C)c21)CCNC. The summed E-state index contributed by atoms with van der Waals surface area (Å²) >= 11 is 0. The van der Waals surface area contributed by atoms with Gasteiger partial charge in [-0.3, -0.25) is 4.79 Å². The van der Waals surface area contributed by atoms with Crippen LogP contribution in [0.5, 0.6) is 0 Å². The molecule has 0 saturated carbocycles. The van der Waals surface area contributed by atoms with Crippen LogP contribution in [0.25, 0.3) is 21.8 Å². The van der Waals surface area contributed by atoms with Gasteiger partial charge < -0.3 is 19.8 Å². The fourth-order valence-electron chi connectivity index (χ4n) is 3.69. The number of fused-ring (bicyclic) bond motifs is 3. The van der Waals surface area contributed by atoms with Gasteiger partial charge in [0.15, 0.2) is 11.4 Å². The van der Waals surface area contributed by atoms with Crippen LogP contribution < -0.4 is 10.7 Å². The highest BCUT2D eigenvalue weighted by atomic mass is 19.1. The third-order valence-electron chi connectivity index (χ3n) is 4.99. The summed E-state index contributed by atoms with van der Waals surface area (Å²) in [6.45, 7) is 8.82. The van der Waals surface area contributed by atoms with Gasteiger partial charge in [0.2, 0.25) is 0 Å². The topological polar surface area (TPSA) is 53.1 Å². The minimum Gasteiger partial charge on any atom is -0.339 e. The normalized spacial score (nSPS) is 11.9. The maximum absolute atomic E-state index is 13.9. The van der Waals surface area contributed by atoms with E-state index >= 15 is 0 Å². The first-order valence-corrected chi connectivity index (χ1v) is 9.23. The predicted molar refractivity (Wildman–Crippen MR) is 105 cm³/mol. The van der Waals surface area contributed by atoms with E-state index in [1.54, 1.807) is 18.2 Å². The number of nitrogens with zero attached hydrogens (tertiary/aromatic N) is 2. The van der Waals surface area contributed by atoms with E-state index in [2.05, 4.69) is 26.7 Å². The predicted octanol–water partition coefficient (Wildman–Crippen LogP) is 2.86. The van der Waals surface area contributed by atoms with E-state index in [0.29, 0.717) is 0 Å². The molecular formula is C20H27FN4O. The van der Waals surface area contributed by atoms with Crippen molar-refractivity contribution in [1.29, 1.82) is 0 Å². The molecule has 26 heavy (non-hydrogen) atoms. The highest BCUT2D eigenvalue weighted by Crippen LogP contribution is 2.30. The molecule has 0 bridgehead atoms. The number of halogens is 1. The Kier molecular flexibility index (Phi) is 5.74. The maximum Gasteiger partial charge on any atom is 0.191 e. The quantitative estimate of drug-likeness (QED) is 0.609. The minimum atomic E-state index is -0.357. The van der Waals surface area contributed by atoms with Crippen molar-refractivity contribution in [3.63, 3.8) is 0 Å². The lowest BCUT2D eigenvalue weighted by Crippen LogP contribution is -2.32. The second-order valence-corrected chi connectivity index (χ2v) is 6.73. The lowest BCUT2D eigenvalue weighted by atomic mass is 10.1. The van der Waals surface area contributed by atoms with E-state index in [1.165, 1.54) is 6.07 Å². The monoisotopic (exact) mass is 358 g/mol. The van der Waals surface area contributed by atoms with Gasteiger partial charge >= 0.3 is 0 Å². The molecule has 0 amide bonds. The summed E-state index contributed by atoms with van der Waals surface area (Å²) in [5.41, 5.74) is 2.62. The molecule has 5 nitrogen and oxygen atoms in total. The molecule has 2 aromatic heterocycles. The molecule has 3 rings (SSSR count). The Balaban J connectivity index is 1.95. The van der Waals surface area contributed by atoms with Gasteiger partial charge in [0.05, 0.1) is 11.0 Å². The zero-order valence-corrected chi connectivity index (χ0v) is 15.7. The average Bonchev–Trinajstić information content (AvgIpc) is 2.91. The van der Waals surface area contributed by atoms with Crippen LogP contribution in [0, 0.1) is 12.9 Å². The first-order valence-electron chi connectivity index (χ1n) is 9.23. The van der Waals surface area contributed by atoms with Crippen LogP contribution in [-0.4, -0.2) is 47.7 Å². The van der Waals surface area contributed by atoms with Crippen molar-refractivity contribution in [2.75, 3.05) is 33.2 Å². The van der Waals surface area contributed by atoms with Crippen LogP contribution in [-0.2, 0) is 6.54 Å². The standard InChI is InChI=1S/C20H27FN4O/c1-4-24(11-8-22-3)9-5-10-25-18-12-15(26)6-7-16(18)17-13-19(21)23-14(2)20(17)25/h6-7,12-13,22-23H,4-5,8-11H2,1-3H3. The van der Waals surface area contributed by atoms with E-state index in [9.17, 15) is 9.18 Å². The van der Waals surface area contributed by atoms with Crippen LogP contribution in [0.1, 0.15) is 19.0 Å². The van der Waals surface area contributed by atoms with Gasteiger partial charge in [-0.15, -0.1) is 0 Å². The summed E-state index contributed by atoms with van der Waals surface area (Å²) < 4.78 is 16.1. The summed E-state index contributed by atoms with van der Waals surface area (Å²) in [5.74, 6) is -0.357. The van der Waals surface area contributed by atoms with Gasteiger partial charge in [-0.1, -0.05) is 6.92 Å². The minimum absolute atomic E-state index is 0.0205. The molecule has 6 heteroatoms. The van der Waals surface area contributed by atoms with Crippen molar-refractivity contribution in [2.24, 2.45) is 0 Å². The fourth-order valence-corrected chi connectivity index (χ4v) is 3.69. The molecule has 0 fully saturated rings. The molecule has 0 atom stereocenters. The third-order valence-corrected chi connectivity index (χ3v) is 4.99. The summed E-state index contributed by atoms with van der Waals surface area (Å²) in [7, 11) is 1.96. The second-order valence-electron chi connectivity index (χ2n) is 6.73. The molecule has 0 aliphatic carbocycles. The molecule has 0 saturated heterocycles. The number of pyridine rings is 1. The highest BCUT2D eigenvalue weighted by molar-refractivity contribution is 6.08. The molecule has 0 radical (unpaired) electrons. The Bertz CT molecular complexity index is 960. The maximum atomic E-state index is 13.9. The number of hydrogen-bond donors (Lipinski definition) is 2. The van der Waals surface area contributed by atoms with Crippen LogP contribution >= 0.6 is 0 Å². The molecule has 2 heterocycles. The zero-order chi connectivity index (χ0) is 18.7. The number of aromatic nitrogens is 2. The number of aromatic amines is 1. The average molecular weight is 358 g/mol. The van der Waals surface area contributed by atoms with Gasteiger partial charge in [-0.25, -0.2) is 0 Å². The molecule has 0 unspecified atom stereocenters. The molecule has 140 valence electrons. The molecule has 0 aliphatic rings. The number of nitrogens with one attached hydrogen (secondary N) is 2. The summed E-state index contributed by atoms with van der Waals surface area (Å²) in [5, 5.41) is 4.97. The van der Waals surface area contributed by atoms with Gasteiger partial charge in [0.1, 0.15) is 0 Å². The van der Waals surface area contributed by atoms with Crippen molar-refractivity contribution in [3.8, 4) is 0 Å². The Morgan fingerprint density at radius 2 is 2.04 bits per heavy atom. The largest absolute Gasteiger partial charge is 0.339 e. The van der Waals surface area contributed by atoms with Crippen molar-refractivity contribution >= 4 is 21.8 Å². The van der Waals surface area contributed by atoms with Gasteiger partial charge in [0.25, 0.3) is 0 Å².